The van der Waals surface area contributed by atoms with Crippen LogP contribution in [0.3, 0.4) is 0 Å². The van der Waals surface area contributed by atoms with Gasteiger partial charge in [0.05, 0.1) is 6.61 Å². The molecule has 1 aromatic carbocycles. The molecule has 2 heterocycles. The first kappa shape index (κ1) is 14.6. The van der Waals surface area contributed by atoms with Crippen LogP contribution in [0.25, 0.3) is 0 Å². The first-order valence-electron chi connectivity index (χ1n) is 7.42. The molecule has 0 bridgehead atoms. The van der Waals surface area contributed by atoms with E-state index in [1.165, 1.54) is 16.6 Å². The van der Waals surface area contributed by atoms with Gasteiger partial charge in [0.25, 0.3) is 0 Å². The van der Waals surface area contributed by atoms with E-state index < -0.39 is 0 Å². The quantitative estimate of drug-likeness (QED) is 0.856. The molecule has 1 unspecified atom stereocenters. The Morgan fingerprint density at radius 3 is 3.00 bits per heavy atom. The number of benzene rings is 1. The van der Waals surface area contributed by atoms with Gasteiger partial charge in [0, 0.05) is 13.1 Å². The van der Waals surface area contributed by atoms with Gasteiger partial charge in [-0.2, -0.15) is 0 Å². The average molecular weight is 301 g/mol. The highest BCUT2D eigenvalue weighted by Crippen LogP contribution is 2.21. The van der Waals surface area contributed by atoms with Crippen LogP contribution in [0.2, 0.25) is 0 Å². The van der Waals surface area contributed by atoms with E-state index in [2.05, 4.69) is 21.6 Å². The zero-order valence-corrected chi connectivity index (χ0v) is 12.3. The minimum Gasteiger partial charge on any atom is -0.392 e. The second-order valence-corrected chi connectivity index (χ2v) is 5.68. The third-order valence-electron chi connectivity index (χ3n) is 4.03. The topological polar surface area (TPSA) is 84.1 Å². The molecule has 7 heteroatoms. The van der Waals surface area contributed by atoms with Gasteiger partial charge in [-0.25, -0.2) is 4.68 Å². The smallest absolute Gasteiger partial charge is 0.244 e. The molecule has 3 rings (SSSR count). The normalized spacial score (nSPS) is 17.9. The molecule has 1 aliphatic heterocycles. The number of hydrogen-bond acceptors (Lipinski definition) is 5. The van der Waals surface area contributed by atoms with Crippen molar-refractivity contribution < 1.29 is 9.90 Å². The Labute approximate surface area is 128 Å². The van der Waals surface area contributed by atoms with Crippen molar-refractivity contribution >= 4 is 5.91 Å². The van der Waals surface area contributed by atoms with Crippen LogP contribution < -0.4 is 0 Å². The SMILES string of the molecule is O=C(Cn1cnnn1)N1CCC(Cc2cccc(CO)c2)C1. The largest absolute Gasteiger partial charge is 0.392 e. The molecule has 22 heavy (non-hydrogen) atoms. The molecule has 1 N–H and O–H groups in total. The lowest BCUT2D eigenvalue weighted by Crippen LogP contribution is -2.32. The molecule has 7 nitrogen and oxygen atoms in total. The lowest BCUT2D eigenvalue weighted by atomic mass is 9.97. The van der Waals surface area contributed by atoms with E-state index in [4.69, 9.17) is 0 Å². The second kappa shape index (κ2) is 6.65. The van der Waals surface area contributed by atoms with Gasteiger partial charge in [-0.3, -0.25) is 4.79 Å². The highest BCUT2D eigenvalue weighted by Gasteiger charge is 2.26. The van der Waals surface area contributed by atoms with E-state index in [1.807, 2.05) is 23.1 Å². The third kappa shape index (κ3) is 3.48. The molecule has 1 amide bonds. The van der Waals surface area contributed by atoms with Gasteiger partial charge in [-0.05, 0) is 40.3 Å². The number of aromatic nitrogens is 4. The van der Waals surface area contributed by atoms with Crippen LogP contribution in [0.15, 0.2) is 30.6 Å². The average Bonchev–Trinajstić information content (AvgIpc) is 3.19. The van der Waals surface area contributed by atoms with Crippen LogP contribution in [0.5, 0.6) is 0 Å². The monoisotopic (exact) mass is 301 g/mol. The van der Waals surface area contributed by atoms with Crippen LogP contribution >= 0.6 is 0 Å². The second-order valence-electron chi connectivity index (χ2n) is 5.68. The number of hydrogen-bond donors (Lipinski definition) is 1. The number of aliphatic hydroxyl groups excluding tert-OH is 1. The maximum atomic E-state index is 12.2. The summed E-state index contributed by atoms with van der Waals surface area (Å²) in [4.78, 5) is 14.1. The van der Waals surface area contributed by atoms with Crippen molar-refractivity contribution in [2.24, 2.45) is 5.92 Å². The standard InChI is InChI=1S/C15H19N5O2/c21-10-14-3-1-2-12(7-14)6-13-4-5-19(8-13)15(22)9-20-11-16-17-18-20/h1-3,7,11,13,21H,4-6,8-10H2. The fraction of sp³-hybridized carbons (Fsp3) is 0.467. The number of rotatable bonds is 5. The lowest BCUT2D eigenvalue weighted by Gasteiger charge is -2.16. The number of amides is 1. The van der Waals surface area contributed by atoms with Gasteiger partial charge < -0.3 is 10.0 Å². The Bertz CT molecular complexity index is 629. The third-order valence-corrected chi connectivity index (χ3v) is 4.03. The number of carbonyl (C=O) groups is 1. The van der Waals surface area contributed by atoms with Gasteiger partial charge in [-0.15, -0.1) is 5.10 Å². The van der Waals surface area contributed by atoms with Crippen molar-refractivity contribution in [3.8, 4) is 0 Å². The van der Waals surface area contributed by atoms with Crippen LogP contribution in [-0.4, -0.2) is 49.2 Å². The fourth-order valence-electron chi connectivity index (χ4n) is 2.91. The molecule has 0 aliphatic carbocycles. The maximum absolute atomic E-state index is 12.2. The van der Waals surface area contributed by atoms with Gasteiger partial charge in [0.2, 0.25) is 5.91 Å². The Balaban J connectivity index is 1.54. The highest BCUT2D eigenvalue weighted by molar-refractivity contribution is 5.76. The van der Waals surface area contributed by atoms with Crippen molar-refractivity contribution in [2.45, 2.75) is 26.0 Å². The van der Waals surface area contributed by atoms with Crippen molar-refractivity contribution in [1.82, 2.24) is 25.1 Å². The Morgan fingerprint density at radius 2 is 2.23 bits per heavy atom. The van der Waals surface area contributed by atoms with Gasteiger partial charge in [-0.1, -0.05) is 24.3 Å². The zero-order chi connectivity index (χ0) is 15.4. The molecule has 1 atom stereocenters. The van der Waals surface area contributed by atoms with Crippen molar-refractivity contribution in [1.29, 1.82) is 0 Å². The van der Waals surface area contributed by atoms with E-state index in [0.29, 0.717) is 5.92 Å². The minimum atomic E-state index is 0.0545. The highest BCUT2D eigenvalue weighted by atomic mass is 16.3. The number of aliphatic hydroxyl groups is 1. The van der Waals surface area contributed by atoms with Crippen LogP contribution in [-0.2, 0) is 24.4 Å². The Kier molecular flexibility index (Phi) is 4.43. The van der Waals surface area contributed by atoms with Crippen LogP contribution in [0.4, 0.5) is 0 Å². The molecule has 1 fully saturated rings. The summed E-state index contributed by atoms with van der Waals surface area (Å²) in [5, 5.41) is 20.0. The van der Waals surface area contributed by atoms with E-state index in [1.54, 1.807) is 0 Å². The molecule has 0 radical (unpaired) electrons. The lowest BCUT2D eigenvalue weighted by molar-refractivity contribution is -0.131. The molecular weight excluding hydrogens is 282 g/mol. The molecule has 0 saturated carbocycles. The van der Waals surface area contributed by atoms with E-state index in [-0.39, 0.29) is 19.1 Å². The van der Waals surface area contributed by atoms with Gasteiger partial charge in [0.15, 0.2) is 0 Å². The summed E-state index contributed by atoms with van der Waals surface area (Å²) in [6.45, 7) is 1.81. The fourth-order valence-corrected chi connectivity index (χ4v) is 2.91. The molecule has 0 spiro atoms. The molecule has 2 aromatic rings. The summed E-state index contributed by atoms with van der Waals surface area (Å²) in [6.07, 6.45) is 3.39. The van der Waals surface area contributed by atoms with Crippen LogP contribution in [0.1, 0.15) is 17.5 Å². The molecule has 1 aromatic heterocycles. The summed E-state index contributed by atoms with van der Waals surface area (Å²) in [5.74, 6) is 0.519. The van der Waals surface area contributed by atoms with Gasteiger partial charge >= 0.3 is 0 Å². The number of likely N-dealkylation sites (tertiary alicyclic amines) is 1. The molecule has 1 aliphatic rings. The predicted molar refractivity (Wildman–Crippen MR) is 78.6 cm³/mol. The molecular formula is C15H19N5O2. The summed E-state index contributed by atoms with van der Waals surface area (Å²) in [7, 11) is 0. The minimum absolute atomic E-state index is 0.0545. The van der Waals surface area contributed by atoms with E-state index in [0.717, 1.165) is 31.5 Å². The van der Waals surface area contributed by atoms with Gasteiger partial charge in [0.1, 0.15) is 12.9 Å². The molecule has 116 valence electrons. The predicted octanol–water partition coefficient (Wildman–Crippen LogP) is 0.257. The van der Waals surface area contributed by atoms with E-state index >= 15 is 0 Å². The first-order valence-corrected chi connectivity index (χ1v) is 7.42. The summed E-state index contributed by atoms with van der Waals surface area (Å²) < 4.78 is 1.44. The Hall–Kier alpha value is -2.28. The molecule has 1 saturated heterocycles. The van der Waals surface area contributed by atoms with Crippen molar-refractivity contribution in [3.63, 3.8) is 0 Å². The van der Waals surface area contributed by atoms with Crippen LogP contribution in [0, 0.1) is 5.92 Å². The maximum Gasteiger partial charge on any atom is 0.244 e. The summed E-state index contributed by atoms with van der Waals surface area (Å²) >= 11 is 0. The number of tetrazole rings is 1. The number of carbonyl (C=O) groups excluding carboxylic acids is 1. The summed E-state index contributed by atoms with van der Waals surface area (Å²) in [5.41, 5.74) is 2.15. The Morgan fingerprint density at radius 1 is 1.36 bits per heavy atom. The number of nitrogens with zero attached hydrogens (tertiary/aromatic N) is 5. The van der Waals surface area contributed by atoms with Crippen molar-refractivity contribution in [3.05, 3.63) is 41.7 Å². The summed E-state index contributed by atoms with van der Waals surface area (Å²) in [6, 6.07) is 7.99. The first-order chi connectivity index (χ1) is 10.7. The zero-order valence-electron chi connectivity index (χ0n) is 12.3. The van der Waals surface area contributed by atoms with E-state index in [9.17, 15) is 9.90 Å². The van der Waals surface area contributed by atoms with Crippen molar-refractivity contribution in [2.75, 3.05) is 13.1 Å².